The summed E-state index contributed by atoms with van der Waals surface area (Å²) in [5.74, 6) is 0. The van der Waals surface area contributed by atoms with E-state index in [0.29, 0.717) is 11.1 Å². The number of allylic oxidation sites excluding steroid dienone is 7. The minimum atomic E-state index is -4.36. The normalized spacial score (nSPS) is 12.8. The Morgan fingerprint density at radius 2 is 1.87 bits per heavy atom. The zero-order chi connectivity index (χ0) is 22.3. The Labute approximate surface area is 177 Å². The quantitative estimate of drug-likeness (QED) is 0.421. The molecule has 0 spiro atoms. The van der Waals surface area contributed by atoms with E-state index in [1.165, 1.54) is 6.07 Å². The van der Waals surface area contributed by atoms with Gasteiger partial charge in [-0.25, -0.2) is 0 Å². The molecular weight excluding hydrogens is 383 g/mol. The second kappa shape index (κ2) is 10.1. The first-order valence-electron chi connectivity index (χ1n) is 9.92. The van der Waals surface area contributed by atoms with Crippen molar-refractivity contribution in [3.8, 4) is 0 Å². The van der Waals surface area contributed by atoms with Gasteiger partial charge in [-0.05, 0) is 72.4 Å². The molecule has 0 radical (unpaired) electrons. The maximum absolute atomic E-state index is 12.9. The third kappa shape index (κ3) is 6.24. The second-order valence-corrected chi connectivity index (χ2v) is 7.24. The van der Waals surface area contributed by atoms with Gasteiger partial charge in [0.15, 0.2) is 0 Å². The molecule has 1 nitrogen and oxygen atoms in total. The van der Waals surface area contributed by atoms with Crippen LogP contribution in [-0.2, 0) is 12.6 Å². The van der Waals surface area contributed by atoms with Crippen LogP contribution >= 0.6 is 0 Å². The van der Waals surface area contributed by atoms with Gasteiger partial charge in [-0.1, -0.05) is 62.9 Å². The van der Waals surface area contributed by atoms with E-state index in [4.69, 9.17) is 0 Å². The fraction of sp³-hybridized carbons (Fsp3) is 0.231. The van der Waals surface area contributed by atoms with E-state index in [1.54, 1.807) is 18.2 Å². The van der Waals surface area contributed by atoms with Crippen molar-refractivity contribution in [2.75, 3.05) is 0 Å². The first kappa shape index (κ1) is 23.3. The number of halogens is 3. The van der Waals surface area contributed by atoms with E-state index in [9.17, 15) is 13.2 Å². The number of benzene rings is 1. The third-order valence-corrected chi connectivity index (χ3v) is 4.56. The van der Waals surface area contributed by atoms with Crippen LogP contribution in [0.25, 0.3) is 17.2 Å². The van der Waals surface area contributed by atoms with Gasteiger partial charge in [0.25, 0.3) is 0 Å². The largest absolute Gasteiger partial charge is 0.416 e. The van der Waals surface area contributed by atoms with Crippen molar-refractivity contribution in [1.82, 2.24) is 4.98 Å². The van der Waals surface area contributed by atoms with Gasteiger partial charge in [0.2, 0.25) is 0 Å². The highest BCUT2D eigenvalue weighted by Gasteiger charge is 2.30. The molecule has 1 N–H and O–H groups in total. The number of H-pyrrole nitrogens is 1. The molecular formula is C26H28F3N. The lowest BCUT2D eigenvalue weighted by atomic mass is 10.0. The molecule has 0 fully saturated rings. The van der Waals surface area contributed by atoms with Gasteiger partial charge in [-0.3, -0.25) is 0 Å². The van der Waals surface area contributed by atoms with Crippen molar-refractivity contribution < 1.29 is 13.2 Å². The molecule has 0 saturated carbocycles. The van der Waals surface area contributed by atoms with E-state index in [0.717, 1.165) is 53.1 Å². The Bertz CT molecular complexity index is 998. The molecule has 1 aromatic carbocycles. The maximum Gasteiger partial charge on any atom is 0.416 e. The summed E-state index contributed by atoms with van der Waals surface area (Å²) in [6, 6.07) is 7.31. The topological polar surface area (TPSA) is 15.8 Å². The van der Waals surface area contributed by atoms with Gasteiger partial charge in [-0.15, -0.1) is 0 Å². The minimum Gasteiger partial charge on any atom is -0.358 e. The molecule has 0 saturated heterocycles. The number of hydrogen-bond donors (Lipinski definition) is 1. The van der Waals surface area contributed by atoms with E-state index in [1.807, 2.05) is 32.1 Å². The Balaban J connectivity index is 2.32. The number of nitrogens with one attached hydrogen (secondary N) is 1. The molecule has 0 aliphatic rings. The third-order valence-electron chi connectivity index (χ3n) is 4.56. The second-order valence-electron chi connectivity index (χ2n) is 7.24. The highest BCUT2D eigenvalue weighted by atomic mass is 19.4. The number of aromatic amines is 1. The van der Waals surface area contributed by atoms with Gasteiger partial charge >= 0.3 is 6.18 Å². The predicted molar refractivity (Wildman–Crippen MR) is 122 cm³/mol. The van der Waals surface area contributed by atoms with E-state index in [-0.39, 0.29) is 0 Å². The molecule has 2 rings (SSSR count). The number of rotatable bonds is 8. The highest BCUT2D eigenvalue weighted by molar-refractivity contribution is 5.78. The highest BCUT2D eigenvalue weighted by Crippen LogP contribution is 2.30. The first-order chi connectivity index (χ1) is 14.2. The van der Waals surface area contributed by atoms with Crippen LogP contribution in [0.15, 0.2) is 73.4 Å². The van der Waals surface area contributed by atoms with E-state index < -0.39 is 11.7 Å². The van der Waals surface area contributed by atoms with Gasteiger partial charge in [0.1, 0.15) is 0 Å². The summed E-state index contributed by atoms with van der Waals surface area (Å²) in [4.78, 5) is 3.48. The monoisotopic (exact) mass is 411 g/mol. The summed E-state index contributed by atoms with van der Waals surface area (Å²) in [5, 5.41) is 0. The molecule has 0 unspecified atom stereocenters. The van der Waals surface area contributed by atoms with Crippen molar-refractivity contribution >= 4 is 17.2 Å². The maximum atomic E-state index is 12.9. The van der Waals surface area contributed by atoms with Gasteiger partial charge in [0, 0.05) is 11.4 Å². The SMILES string of the molecule is C=C(/C=C/c1cccc(C(F)(F)F)c1)/C=C(\C=C/C)c1cc(C(=C)C)c(CCC)[nH]1. The summed E-state index contributed by atoms with van der Waals surface area (Å²) < 4.78 is 38.7. The summed E-state index contributed by atoms with van der Waals surface area (Å²) in [6.07, 6.45) is 6.78. The molecule has 1 aromatic heterocycles. The van der Waals surface area contributed by atoms with Crippen LogP contribution in [0.1, 0.15) is 55.3 Å². The van der Waals surface area contributed by atoms with Gasteiger partial charge in [0.05, 0.1) is 5.56 Å². The number of alkyl halides is 3. The molecule has 4 heteroatoms. The van der Waals surface area contributed by atoms with Gasteiger partial charge < -0.3 is 4.98 Å². The van der Waals surface area contributed by atoms with Crippen molar-refractivity contribution in [2.45, 2.75) is 39.8 Å². The lowest BCUT2D eigenvalue weighted by molar-refractivity contribution is -0.137. The van der Waals surface area contributed by atoms with Crippen LogP contribution in [0.2, 0.25) is 0 Å². The molecule has 30 heavy (non-hydrogen) atoms. The van der Waals surface area contributed by atoms with Crippen LogP contribution in [0.3, 0.4) is 0 Å². The molecule has 2 aromatic rings. The van der Waals surface area contributed by atoms with Gasteiger partial charge in [-0.2, -0.15) is 13.2 Å². The number of aromatic nitrogens is 1. The molecule has 0 aliphatic heterocycles. The molecule has 0 aliphatic carbocycles. The van der Waals surface area contributed by atoms with Crippen molar-refractivity contribution in [3.63, 3.8) is 0 Å². The Kier molecular flexibility index (Phi) is 7.87. The summed E-state index contributed by atoms with van der Waals surface area (Å²) in [6.45, 7) is 14.2. The molecule has 1 heterocycles. The average Bonchev–Trinajstić information content (AvgIpc) is 3.10. The summed E-state index contributed by atoms with van der Waals surface area (Å²) in [5.41, 5.74) is 5.68. The molecule has 158 valence electrons. The fourth-order valence-electron chi connectivity index (χ4n) is 3.15. The van der Waals surface area contributed by atoms with Crippen LogP contribution < -0.4 is 0 Å². The molecule has 0 bridgehead atoms. The number of aryl methyl sites for hydroxylation is 1. The summed E-state index contributed by atoms with van der Waals surface area (Å²) in [7, 11) is 0. The lowest BCUT2D eigenvalue weighted by Crippen LogP contribution is -2.04. The Morgan fingerprint density at radius 1 is 1.13 bits per heavy atom. The van der Waals surface area contributed by atoms with Crippen LogP contribution in [0, 0.1) is 0 Å². The average molecular weight is 412 g/mol. The predicted octanol–water partition coefficient (Wildman–Crippen LogP) is 8.25. The van der Waals surface area contributed by atoms with Crippen molar-refractivity contribution in [1.29, 1.82) is 0 Å². The number of hydrogen-bond acceptors (Lipinski definition) is 0. The molecule has 0 atom stereocenters. The van der Waals surface area contributed by atoms with E-state index in [2.05, 4.69) is 31.1 Å². The zero-order valence-corrected chi connectivity index (χ0v) is 17.7. The fourth-order valence-corrected chi connectivity index (χ4v) is 3.15. The Morgan fingerprint density at radius 3 is 2.47 bits per heavy atom. The van der Waals surface area contributed by atoms with Crippen LogP contribution in [0.5, 0.6) is 0 Å². The van der Waals surface area contributed by atoms with Crippen LogP contribution in [0.4, 0.5) is 13.2 Å². The molecule has 0 amide bonds. The lowest BCUT2D eigenvalue weighted by Gasteiger charge is -2.06. The van der Waals surface area contributed by atoms with E-state index >= 15 is 0 Å². The van der Waals surface area contributed by atoms with Crippen molar-refractivity contribution in [3.05, 3.63) is 101 Å². The smallest absolute Gasteiger partial charge is 0.358 e. The van der Waals surface area contributed by atoms with Crippen molar-refractivity contribution in [2.24, 2.45) is 0 Å². The minimum absolute atomic E-state index is 0.474. The zero-order valence-electron chi connectivity index (χ0n) is 17.7. The Hall–Kier alpha value is -3.01. The first-order valence-corrected chi connectivity index (χ1v) is 9.92. The standard InChI is InChI=1S/C26H28F3N/c1-6-9-21(25-17-23(18(3)4)24(30-25)10-7-2)15-19(5)13-14-20-11-8-12-22(16-20)26(27,28)29/h6,8-9,11-17,30H,3,5,7,10H2,1-2,4H3/b9-6-,14-13+,21-15+. The summed E-state index contributed by atoms with van der Waals surface area (Å²) >= 11 is 0. The van der Waals surface area contributed by atoms with Crippen LogP contribution in [-0.4, -0.2) is 4.98 Å².